The number of carboxylic acid groups (broad SMARTS) is 1. The summed E-state index contributed by atoms with van der Waals surface area (Å²) in [6.07, 6.45) is -5.87. The molecule has 0 aromatic heterocycles. The van der Waals surface area contributed by atoms with E-state index in [1.807, 2.05) is 48.5 Å². The number of carboxylic acids is 1. The van der Waals surface area contributed by atoms with Crippen LogP contribution in [0.15, 0.2) is 72.8 Å². The maximum absolute atomic E-state index is 12.4. The molecular formula is C25H20F3NO5. The molecule has 0 bridgehead atoms. The number of hydrogen-bond donors (Lipinski definition) is 2. The Morgan fingerprint density at radius 1 is 0.912 bits per heavy atom. The van der Waals surface area contributed by atoms with Crippen LogP contribution in [-0.2, 0) is 16.0 Å². The smallest absolute Gasteiger partial charge is 0.480 e. The number of carbonyl (C=O) groups is 2. The van der Waals surface area contributed by atoms with Gasteiger partial charge in [0.2, 0.25) is 0 Å². The Labute approximate surface area is 192 Å². The van der Waals surface area contributed by atoms with Crippen molar-refractivity contribution < 1.29 is 37.3 Å². The zero-order valence-electron chi connectivity index (χ0n) is 17.7. The normalized spacial score (nSPS) is 13.5. The fraction of sp³-hybridized carbons (Fsp3) is 0.200. The molecule has 0 heterocycles. The van der Waals surface area contributed by atoms with E-state index in [2.05, 4.69) is 10.1 Å². The van der Waals surface area contributed by atoms with Gasteiger partial charge in [-0.25, -0.2) is 9.59 Å². The van der Waals surface area contributed by atoms with Crippen LogP contribution in [0.1, 0.15) is 22.6 Å². The molecule has 0 saturated carbocycles. The minimum Gasteiger partial charge on any atom is -0.480 e. The van der Waals surface area contributed by atoms with Crippen molar-refractivity contribution in [2.45, 2.75) is 24.7 Å². The lowest BCUT2D eigenvalue weighted by atomic mass is 9.98. The first kappa shape index (κ1) is 23.2. The number of carbonyl (C=O) groups excluding carboxylic acids is 1. The number of benzene rings is 3. The maximum atomic E-state index is 12.4. The molecule has 176 valence electrons. The Hall–Kier alpha value is -4.01. The summed E-state index contributed by atoms with van der Waals surface area (Å²) in [6.45, 7) is 0.0235. The van der Waals surface area contributed by atoms with E-state index in [4.69, 9.17) is 4.74 Å². The summed E-state index contributed by atoms with van der Waals surface area (Å²) in [5.41, 5.74) is 4.57. The highest BCUT2D eigenvalue weighted by molar-refractivity contribution is 5.81. The van der Waals surface area contributed by atoms with Crippen molar-refractivity contribution in [2.24, 2.45) is 0 Å². The highest BCUT2D eigenvalue weighted by Gasteiger charge is 2.31. The van der Waals surface area contributed by atoms with Crippen molar-refractivity contribution in [3.8, 4) is 16.9 Å². The number of rotatable bonds is 7. The van der Waals surface area contributed by atoms with Crippen molar-refractivity contribution in [1.29, 1.82) is 0 Å². The maximum Gasteiger partial charge on any atom is 0.573 e. The van der Waals surface area contributed by atoms with Gasteiger partial charge in [0.1, 0.15) is 18.4 Å². The van der Waals surface area contributed by atoms with Crippen LogP contribution in [0, 0.1) is 0 Å². The van der Waals surface area contributed by atoms with Crippen LogP contribution in [-0.4, -0.2) is 36.2 Å². The second kappa shape index (κ2) is 9.46. The Balaban J connectivity index is 1.38. The molecule has 1 atom stereocenters. The number of halogens is 3. The predicted molar refractivity (Wildman–Crippen MR) is 116 cm³/mol. The number of nitrogens with one attached hydrogen (secondary N) is 1. The molecule has 2 N–H and O–H groups in total. The van der Waals surface area contributed by atoms with Gasteiger partial charge >= 0.3 is 18.4 Å². The first-order chi connectivity index (χ1) is 16.2. The molecule has 3 aromatic rings. The van der Waals surface area contributed by atoms with E-state index in [9.17, 15) is 27.9 Å². The molecule has 1 amide bonds. The molecule has 0 fully saturated rings. The molecular weight excluding hydrogens is 451 g/mol. The Bertz CT molecular complexity index is 1150. The Morgan fingerprint density at radius 2 is 1.47 bits per heavy atom. The summed E-state index contributed by atoms with van der Waals surface area (Å²) in [7, 11) is 0. The molecule has 0 unspecified atom stereocenters. The van der Waals surface area contributed by atoms with Gasteiger partial charge in [0, 0.05) is 12.3 Å². The number of aliphatic carboxylic acids is 1. The molecule has 0 saturated heterocycles. The number of fused-ring (bicyclic) bond motifs is 3. The quantitative estimate of drug-likeness (QED) is 0.500. The first-order valence-corrected chi connectivity index (χ1v) is 10.4. The topological polar surface area (TPSA) is 84.9 Å². The molecule has 34 heavy (non-hydrogen) atoms. The lowest BCUT2D eigenvalue weighted by molar-refractivity contribution is -0.274. The summed E-state index contributed by atoms with van der Waals surface area (Å²) < 4.78 is 46.0. The van der Waals surface area contributed by atoms with E-state index >= 15 is 0 Å². The molecule has 6 nitrogen and oxygen atoms in total. The number of amides is 1. The lowest BCUT2D eigenvalue weighted by Gasteiger charge is -2.18. The molecule has 9 heteroatoms. The third-order valence-electron chi connectivity index (χ3n) is 5.53. The lowest BCUT2D eigenvalue weighted by Crippen LogP contribution is -2.42. The minimum atomic E-state index is -4.82. The molecule has 0 radical (unpaired) electrons. The van der Waals surface area contributed by atoms with Gasteiger partial charge < -0.3 is 19.9 Å². The standard InChI is InChI=1S/C25H20F3NO5/c26-25(27,28)34-16-11-9-15(10-12-16)13-22(23(30)31)29-24(32)33-14-21-19-7-3-1-5-17(19)18-6-2-4-8-20(18)21/h1-12,21-22H,13-14H2,(H,29,32)(H,30,31)/t22-/m1/s1. The SMILES string of the molecule is O=C(N[C@H](Cc1ccc(OC(F)(F)F)cc1)C(=O)O)OCC1c2ccccc2-c2ccccc21. The van der Waals surface area contributed by atoms with E-state index in [1.54, 1.807) is 0 Å². The van der Waals surface area contributed by atoms with Crippen molar-refractivity contribution in [3.05, 3.63) is 89.5 Å². The highest BCUT2D eigenvalue weighted by Crippen LogP contribution is 2.44. The van der Waals surface area contributed by atoms with Crippen LogP contribution in [0.2, 0.25) is 0 Å². The van der Waals surface area contributed by atoms with Crippen LogP contribution in [0.25, 0.3) is 11.1 Å². The van der Waals surface area contributed by atoms with Gasteiger partial charge in [0.15, 0.2) is 0 Å². The third-order valence-corrected chi connectivity index (χ3v) is 5.53. The summed E-state index contributed by atoms with van der Waals surface area (Å²) in [4.78, 5) is 24.0. The average molecular weight is 471 g/mol. The van der Waals surface area contributed by atoms with Crippen LogP contribution in [0.5, 0.6) is 5.75 Å². The van der Waals surface area contributed by atoms with E-state index in [-0.39, 0.29) is 18.9 Å². The molecule has 4 rings (SSSR count). The van der Waals surface area contributed by atoms with Crippen LogP contribution >= 0.6 is 0 Å². The van der Waals surface area contributed by atoms with Crippen LogP contribution < -0.4 is 10.1 Å². The summed E-state index contributed by atoms with van der Waals surface area (Å²) in [6, 6.07) is 19.0. The van der Waals surface area contributed by atoms with Gasteiger partial charge in [-0.3, -0.25) is 0 Å². The Morgan fingerprint density at radius 3 is 2.00 bits per heavy atom. The van der Waals surface area contributed by atoms with E-state index in [1.165, 1.54) is 12.1 Å². The summed E-state index contributed by atoms with van der Waals surface area (Å²) >= 11 is 0. The summed E-state index contributed by atoms with van der Waals surface area (Å²) in [5.74, 6) is -1.90. The second-order valence-corrected chi connectivity index (χ2v) is 7.76. The van der Waals surface area contributed by atoms with Crippen molar-refractivity contribution in [1.82, 2.24) is 5.32 Å². The monoisotopic (exact) mass is 471 g/mol. The van der Waals surface area contributed by atoms with Crippen molar-refractivity contribution in [2.75, 3.05) is 6.61 Å². The highest BCUT2D eigenvalue weighted by atomic mass is 19.4. The van der Waals surface area contributed by atoms with Crippen molar-refractivity contribution in [3.63, 3.8) is 0 Å². The fourth-order valence-corrected chi connectivity index (χ4v) is 4.05. The van der Waals surface area contributed by atoms with Gasteiger partial charge in [-0.05, 0) is 39.9 Å². The number of alkyl halides is 3. The fourth-order valence-electron chi connectivity index (χ4n) is 4.05. The number of alkyl carbamates (subject to hydrolysis) is 1. The van der Waals surface area contributed by atoms with Crippen molar-refractivity contribution >= 4 is 12.1 Å². The largest absolute Gasteiger partial charge is 0.573 e. The van der Waals surface area contributed by atoms with E-state index in [0.717, 1.165) is 34.4 Å². The van der Waals surface area contributed by atoms with E-state index in [0.29, 0.717) is 5.56 Å². The molecule has 1 aliphatic carbocycles. The van der Waals surface area contributed by atoms with Gasteiger partial charge in [0.25, 0.3) is 0 Å². The van der Waals surface area contributed by atoms with Gasteiger partial charge in [-0.1, -0.05) is 60.7 Å². The molecule has 0 aliphatic heterocycles. The minimum absolute atomic E-state index is 0.0235. The zero-order valence-corrected chi connectivity index (χ0v) is 17.7. The third kappa shape index (κ3) is 5.31. The van der Waals surface area contributed by atoms with Gasteiger partial charge in [-0.2, -0.15) is 0 Å². The van der Waals surface area contributed by atoms with Crippen LogP contribution in [0.3, 0.4) is 0 Å². The van der Waals surface area contributed by atoms with Gasteiger partial charge in [-0.15, -0.1) is 13.2 Å². The van der Waals surface area contributed by atoms with Crippen LogP contribution in [0.4, 0.5) is 18.0 Å². The zero-order chi connectivity index (χ0) is 24.3. The number of ether oxygens (including phenoxy) is 2. The van der Waals surface area contributed by atoms with E-state index < -0.39 is 30.2 Å². The number of hydrogen-bond acceptors (Lipinski definition) is 4. The first-order valence-electron chi connectivity index (χ1n) is 10.4. The average Bonchev–Trinajstić information content (AvgIpc) is 3.11. The molecule has 3 aromatic carbocycles. The predicted octanol–water partition coefficient (Wildman–Crippen LogP) is 5.12. The van der Waals surface area contributed by atoms with Gasteiger partial charge in [0.05, 0.1) is 0 Å². The molecule has 0 spiro atoms. The second-order valence-electron chi connectivity index (χ2n) is 7.76. The molecule has 1 aliphatic rings. The summed E-state index contributed by atoms with van der Waals surface area (Å²) in [5, 5.41) is 11.8. The Kier molecular flexibility index (Phi) is 6.45.